The van der Waals surface area contributed by atoms with E-state index in [1.165, 1.54) is 36.5 Å². The Morgan fingerprint density at radius 2 is 1.90 bits per heavy atom. The summed E-state index contributed by atoms with van der Waals surface area (Å²) in [6.45, 7) is 11.4. The summed E-state index contributed by atoms with van der Waals surface area (Å²) in [6.07, 6.45) is 9.12. The molecule has 1 atom stereocenters. The van der Waals surface area contributed by atoms with E-state index in [0.29, 0.717) is 24.4 Å². The number of aromatic nitrogens is 2. The van der Waals surface area contributed by atoms with Gasteiger partial charge in [0.15, 0.2) is 0 Å². The number of amides is 3. The number of fused-ring (bicyclic) bond motifs is 1. The Kier molecular flexibility index (Phi) is 6.79. The second-order valence-electron chi connectivity index (χ2n) is 11.8. The van der Waals surface area contributed by atoms with Gasteiger partial charge in [-0.15, -0.1) is 0 Å². The Bertz CT molecular complexity index is 1240. The average Bonchev–Trinajstić information content (AvgIpc) is 3.89. The van der Waals surface area contributed by atoms with Crippen LogP contribution in [0.3, 0.4) is 0 Å². The lowest BCUT2D eigenvalue weighted by atomic mass is 9.95. The maximum Gasteiger partial charge on any atom is 0.323 e. The second kappa shape index (κ2) is 10.3. The fourth-order valence-corrected chi connectivity index (χ4v) is 6.02. The summed E-state index contributed by atoms with van der Waals surface area (Å²) in [6, 6.07) is 9.38. The number of hydrogen-bond acceptors (Lipinski definition) is 6. The van der Waals surface area contributed by atoms with E-state index in [0.717, 1.165) is 50.5 Å². The number of nitrogens with zero attached hydrogens (tertiary/aromatic N) is 5. The second-order valence-corrected chi connectivity index (χ2v) is 11.8. The van der Waals surface area contributed by atoms with Crippen LogP contribution in [0.2, 0.25) is 0 Å². The zero-order valence-electron chi connectivity index (χ0n) is 23.0. The number of urea groups is 1. The first kappa shape index (κ1) is 25.8. The Hall–Kier alpha value is -3.46. The quantitative estimate of drug-likeness (QED) is 0.473. The van der Waals surface area contributed by atoms with Crippen molar-refractivity contribution in [3.05, 3.63) is 59.8 Å². The highest BCUT2D eigenvalue weighted by atomic mass is 16.2. The summed E-state index contributed by atoms with van der Waals surface area (Å²) in [4.78, 5) is 40.1. The van der Waals surface area contributed by atoms with Gasteiger partial charge in [0, 0.05) is 56.6 Å². The molecule has 1 saturated heterocycles. The zero-order valence-corrected chi connectivity index (χ0v) is 23.0. The van der Waals surface area contributed by atoms with Crippen LogP contribution in [0, 0.1) is 5.92 Å². The summed E-state index contributed by atoms with van der Waals surface area (Å²) >= 11 is 0. The van der Waals surface area contributed by atoms with Crippen molar-refractivity contribution in [2.24, 2.45) is 5.92 Å². The van der Waals surface area contributed by atoms with Crippen molar-refractivity contribution < 1.29 is 9.59 Å². The maximum atomic E-state index is 12.5. The van der Waals surface area contributed by atoms with Gasteiger partial charge in [0.25, 0.3) is 0 Å². The molecule has 39 heavy (non-hydrogen) atoms. The number of piperazine rings is 1. The van der Waals surface area contributed by atoms with Gasteiger partial charge < -0.3 is 15.5 Å². The average molecular weight is 530 g/mol. The van der Waals surface area contributed by atoms with Gasteiger partial charge in [0.2, 0.25) is 11.9 Å². The lowest BCUT2D eigenvalue weighted by molar-refractivity contribution is -0.128. The third-order valence-electron chi connectivity index (χ3n) is 8.68. The standard InChI is InChI=1S/C30H39N7O2/c1-4-26(38)36-15-13-35(14-16-36)25(17-21-5-6-21)22-7-9-24(10-8-22)30(11-12-30)34-28-31-18-23-19-32-29(39)37(20(2)3)27(23)33-28/h4,7-10,18,20-21,25H,1,5-6,11-17,19H2,2-3H3,(H,32,39)(H,31,33,34). The van der Waals surface area contributed by atoms with E-state index in [2.05, 4.69) is 51.4 Å². The van der Waals surface area contributed by atoms with Gasteiger partial charge in [-0.05, 0) is 56.2 Å². The maximum absolute atomic E-state index is 12.5. The molecule has 6 rings (SSSR count). The van der Waals surface area contributed by atoms with E-state index in [1.54, 1.807) is 4.90 Å². The molecule has 3 heterocycles. The SMILES string of the molecule is C=CC(=O)N1CCN(C(CC2CC2)c2ccc(C3(Nc4ncc5c(n4)N(C(C)C)C(=O)NC5)CC3)cc2)CC1. The minimum atomic E-state index is -0.172. The molecule has 9 nitrogen and oxygen atoms in total. The molecule has 0 bridgehead atoms. The van der Waals surface area contributed by atoms with Gasteiger partial charge in [0.05, 0.1) is 5.54 Å². The smallest absolute Gasteiger partial charge is 0.323 e. The number of anilines is 2. The molecule has 2 aromatic rings. The molecule has 3 fully saturated rings. The van der Waals surface area contributed by atoms with E-state index in [4.69, 9.17) is 4.98 Å². The van der Waals surface area contributed by atoms with Crippen LogP contribution in [0.1, 0.15) is 68.7 Å². The summed E-state index contributed by atoms with van der Waals surface area (Å²) < 4.78 is 0. The van der Waals surface area contributed by atoms with Gasteiger partial charge in [-0.1, -0.05) is 43.7 Å². The number of carbonyl (C=O) groups is 2. The molecule has 1 aromatic heterocycles. The topological polar surface area (TPSA) is 93.7 Å². The first-order chi connectivity index (χ1) is 18.9. The molecule has 2 saturated carbocycles. The number of carbonyl (C=O) groups excluding carboxylic acids is 2. The molecule has 2 N–H and O–H groups in total. The molecule has 0 spiro atoms. The zero-order chi connectivity index (χ0) is 27.1. The minimum absolute atomic E-state index is 0.00302. The van der Waals surface area contributed by atoms with Crippen LogP contribution in [0.4, 0.5) is 16.6 Å². The molecule has 2 aliphatic carbocycles. The highest BCUT2D eigenvalue weighted by Crippen LogP contribution is 2.48. The molecular weight excluding hydrogens is 490 g/mol. The third kappa shape index (κ3) is 5.24. The highest BCUT2D eigenvalue weighted by Gasteiger charge is 2.45. The predicted octanol–water partition coefficient (Wildman–Crippen LogP) is 4.19. The van der Waals surface area contributed by atoms with Crippen LogP contribution >= 0.6 is 0 Å². The van der Waals surface area contributed by atoms with Crippen LogP contribution in [0.5, 0.6) is 0 Å². The summed E-state index contributed by atoms with van der Waals surface area (Å²) in [5.41, 5.74) is 3.36. The van der Waals surface area contributed by atoms with Crippen LogP contribution < -0.4 is 15.5 Å². The molecule has 1 unspecified atom stereocenters. The van der Waals surface area contributed by atoms with Crippen molar-refractivity contribution in [3.63, 3.8) is 0 Å². The van der Waals surface area contributed by atoms with Gasteiger partial charge in [-0.3, -0.25) is 14.6 Å². The lowest BCUT2D eigenvalue weighted by Crippen LogP contribution is -2.49. The number of rotatable bonds is 9. The molecule has 206 valence electrons. The first-order valence-corrected chi connectivity index (χ1v) is 14.3. The van der Waals surface area contributed by atoms with E-state index in [-0.39, 0.29) is 23.5 Å². The van der Waals surface area contributed by atoms with Crippen molar-refractivity contribution >= 4 is 23.7 Å². The Morgan fingerprint density at radius 3 is 2.51 bits per heavy atom. The van der Waals surface area contributed by atoms with Crippen molar-refractivity contribution in [2.75, 3.05) is 36.4 Å². The van der Waals surface area contributed by atoms with Gasteiger partial charge >= 0.3 is 6.03 Å². The number of nitrogens with one attached hydrogen (secondary N) is 2. The predicted molar refractivity (Wildman–Crippen MR) is 151 cm³/mol. The largest absolute Gasteiger partial charge is 0.345 e. The van der Waals surface area contributed by atoms with E-state index in [1.807, 2.05) is 24.9 Å². The lowest BCUT2D eigenvalue weighted by Gasteiger charge is -2.39. The van der Waals surface area contributed by atoms with Crippen LogP contribution in [-0.4, -0.2) is 63.9 Å². The molecule has 2 aliphatic heterocycles. The molecule has 3 amide bonds. The summed E-state index contributed by atoms with van der Waals surface area (Å²) in [5, 5.41) is 6.51. The summed E-state index contributed by atoms with van der Waals surface area (Å²) in [5.74, 6) is 2.10. The Labute approximate surface area is 230 Å². The van der Waals surface area contributed by atoms with Crippen molar-refractivity contribution in [1.82, 2.24) is 25.1 Å². The summed E-state index contributed by atoms with van der Waals surface area (Å²) in [7, 11) is 0. The van der Waals surface area contributed by atoms with Gasteiger partial charge in [-0.25, -0.2) is 9.78 Å². The first-order valence-electron chi connectivity index (χ1n) is 14.3. The van der Waals surface area contributed by atoms with E-state index >= 15 is 0 Å². The number of hydrogen-bond donors (Lipinski definition) is 2. The number of benzene rings is 1. The monoisotopic (exact) mass is 529 g/mol. The molecule has 9 heteroatoms. The molecular formula is C30H39N7O2. The van der Waals surface area contributed by atoms with Crippen LogP contribution in [0.15, 0.2) is 43.1 Å². The van der Waals surface area contributed by atoms with Crippen molar-refractivity contribution in [3.8, 4) is 0 Å². The minimum Gasteiger partial charge on any atom is -0.345 e. The fourth-order valence-electron chi connectivity index (χ4n) is 6.02. The third-order valence-corrected chi connectivity index (χ3v) is 8.68. The van der Waals surface area contributed by atoms with E-state index in [9.17, 15) is 9.59 Å². The fraction of sp³-hybridized carbons (Fsp3) is 0.533. The molecule has 0 radical (unpaired) electrons. The normalized spacial score (nSPS) is 21.3. The van der Waals surface area contributed by atoms with Crippen molar-refractivity contribution in [2.45, 2.75) is 70.1 Å². The van der Waals surface area contributed by atoms with Crippen molar-refractivity contribution in [1.29, 1.82) is 0 Å². The van der Waals surface area contributed by atoms with Gasteiger partial charge in [-0.2, -0.15) is 4.98 Å². The molecule has 1 aromatic carbocycles. The van der Waals surface area contributed by atoms with E-state index < -0.39 is 0 Å². The Balaban J connectivity index is 1.18. The Morgan fingerprint density at radius 1 is 1.18 bits per heavy atom. The molecule has 4 aliphatic rings. The highest BCUT2D eigenvalue weighted by molar-refractivity contribution is 5.94. The van der Waals surface area contributed by atoms with Gasteiger partial charge in [0.1, 0.15) is 5.82 Å². The van der Waals surface area contributed by atoms with Crippen LogP contribution in [-0.2, 0) is 16.9 Å². The van der Waals surface area contributed by atoms with Crippen LogP contribution in [0.25, 0.3) is 0 Å².